The molecule has 0 fully saturated rings. The van der Waals surface area contributed by atoms with Gasteiger partial charge in [-0.15, -0.1) is 0 Å². The minimum Gasteiger partial charge on any atom is -0.503 e. The lowest BCUT2D eigenvalue weighted by Crippen LogP contribution is -2.30. The van der Waals surface area contributed by atoms with Crippen LogP contribution in [0.15, 0.2) is 78.6 Å². The maximum Gasteiger partial charge on any atom is 0.294 e. The summed E-state index contributed by atoms with van der Waals surface area (Å²) < 4.78 is 14.7. The first-order chi connectivity index (χ1) is 13.5. The zero-order valence-electron chi connectivity index (χ0n) is 15.1. The minimum atomic E-state index is -0.794. The molecule has 3 aromatic rings. The highest BCUT2D eigenvalue weighted by molar-refractivity contribution is 6.30. The van der Waals surface area contributed by atoms with E-state index in [-0.39, 0.29) is 5.76 Å². The number of amides is 1. The number of benzene rings is 3. The van der Waals surface area contributed by atoms with Gasteiger partial charge in [0.2, 0.25) is 0 Å². The third-order valence-corrected chi connectivity index (χ3v) is 5.13. The van der Waals surface area contributed by atoms with Gasteiger partial charge in [-0.3, -0.25) is 9.69 Å². The van der Waals surface area contributed by atoms with Gasteiger partial charge in [0.15, 0.2) is 5.76 Å². The van der Waals surface area contributed by atoms with E-state index in [1.807, 2.05) is 31.2 Å². The number of hydrogen-bond acceptors (Lipinski definition) is 2. The van der Waals surface area contributed by atoms with E-state index in [4.69, 9.17) is 11.6 Å². The van der Waals surface area contributed by atoms with Gasteiger partial charge in [-0.05, 0) is 42.8 Å². The summed E-state index contributed by atoms with van der Waals surface area (Å²) in [5.74, 6) is -1.41. The van der Waals surface area contributed by atoms with Crippen LogP contribution in [0, 0.1) is 12.7 Å². The molecular weight excluding hydrogens is 377 g/mol. The fraction of sp³-hybridized carbons (Fsp3) is 0.0870. The first-order valence-electron chi connectivity index (χ1n) is 8.81. The number of hydrogen-bond donors (Lipinski definition) is 1. The third-order valence-electron chi connectivity index (χ3n) is 4.88. The number of aliphatic hydroxyl groups is 1. The fourth-order valence-electron chi connectivity index (χ4n) is 3.49. The van der Waals surface area contributed by atoms with Crippen molar-refractivity contribution < 1.29 is 14.3 Å². The van der Waals surface area contributed by atoms with Crippen molar-refractivity contribution >= 4 is 28.8 Å². The van der Waals surface area contributed by atoms with Crippen molar-refractivity contribution in [1.29, 1.82) is 0 Å². The summed E-state index contributed by atoms with van der Waals surface area (Å²) in [7, 11) is 0. The van der Waals surface area contributed by atoms with Crippen LogP contribution in [0.2, 0.25) is 5.02 Å². The molecule has 1 N–H and O–H groups in total. The van der Waals surface area contributed by atoms with Crippen molar-refractivity contribution in [3.63, 3.8) is 0 Å². The van der Waals surface area contributed by atoms with Gasteiger partial charge in [-0.2, -0.15) is 0 Å². The van der Waals surface area contributed by atoms with Crippen molar-refractivity contribution in [2.24, 2.45) is 0 Å². The molecule has 5 heteroatoms. The normalized spacial score (nSPS) is 16.8. The number of nitrogens with zero attached hydrogens (tertiary/aromatic N) is 1. The molecule has 140 valence electrons. The Kier molecular flexibility index (Phi) is 4.65. The quantitative estimate of drug-likeness (QED) is 0.606. The molecule has 0 radical (unpaired) electrons. The van der Waals surface area contributed by atoms with E-state index in [9.17, 15) is 14.3 Å². The molecule has 0 spiro atoms. The van der Waals surface area contributed by atoms with Crippen LogP contribution in [0.25, 0.3) is 5.57 Å². The third kappa shape index (κ3) is 3.06. The van der Waals surface area contributed by atoms with E-state index in [2.05, 4.69) is 0 Å². The summed E-state index contributed by atoms with van der Waals surface area (Å²) in [5, 5.41) is 11.3. The lowest BCUT2D eigenvalue weighted by molar-refractivity contribution is -0.117. The maximum atomic E-state index is 14.7. The first-order valence-corrected chi connectivity index (χ1v) is 9.19. The van der Waals surface area contributed by atoms with Gasteiger partial charge in [0.05, 0.1) is 6.04 Å². The topological polar surface area (TPSA) is 40.5 Å². The second-order valence-electron chi connectivity index (χ2n) is 6.70. The molecule has 0 saturated heterocycles. The van der Waals surface area contributed by atoms with Crippen molar-refractivity contribution in [1.82, 2.24) is 0 Å². The Morgan fingerprint density at radius 3 is 2.25 bits per heavy atom. The summed E-state index contributed by atoms with van der Waals surface area (Å²) >= 11 is 5.98. The van der Waals surface area contributed by atoms with Crippen LogP contribution in [-0.2, 0) is 4.79 Å². The molecule has 0 saturated carbocycles. The van der Waals surface area contributed by atoms with Crippen LogP contribution in [0.3, 0.4) is 0 Å². The van der Waals surface area contributed by atoms with Crippen molar-refractivity contribution in [2.45, 2.75) is 13.0 Å². The van der Waals surface area contributed by atoms with E-state index in [0.717, 1.165) is 5.56 Å². The van der Waals surface area contributed by atoms with Crippen molar-refractivity contribution in [3.05, 3.63) is 106 Å². The number of carbonyl (C=O) groups excluding carboxylic acids is 1. The second-order valence-corrected chi connectivity index (χ2v) is 7.14. The largest absolute Gasteiger partial charge is 0.503 e. The molecule has 0 aromatic heterocycles. The first kappa shape index (κ1) is 18.3. The van der Waals surface area contributed by atoms with Gasteiger partial charge in [0, 0.05) is 21.8 Å². The predicted octanol–water partition coefficient (Wildman–Crippen LogP) is 5.84. The zero-order valence-corrected chi connectivity index (χ0v) is 15.8. The van der Waals surface area contributed by atoms with Crippen LogP contribution >= 0.6 is 11.6 Å². The molecule has 1 atom stereocenters. The molecule has 3 nitrogen and oxygen atoms in total. The average molecular weight is 394 g/mol. The van der Waals surface area contributed by atoms with Gasteiger partial charge in [0.25, 0.3) is 5.91 Å². The number of carbonyl (C=O) groups is 1. The Morgan fingerprint density at radius 2 is 1.61 bits per heavy atom. The Balaban J connectivity index is 1.93. The number of halogens is 2. The fourth-order valence-corrected chi connectivity index (χ4v) is 3.62. The summed E-state index contributed by atoms with van der Waals surface area (Å²) in [6.07, 6.45) is 0. The average Bonchev–Trinajstić information content (AvgIpc) is 2.95. The van der Waals surface area contributed by atoms with Crippen molar-refractivity contribution in [3.8, 4) is 0 Å². The van der Waals surface area contributed by atoms with Gasteiger partial charge in [-0.1, -0.05) is 59.6 Å². The molecular formula is C23H17ClFNO2. The van der Waals surface area contributed by atoms with Gasteiger partial charge < -0.3 is 5.11 Å². The summed E-state index contributed by atoms with van der Waals surface area (Å²) in [5.41, 5.74) is 2.93. The Bertz CT molecular complexity index is 1070. The van der Waals surface area contributed by atoms with E-state index in [1.165, 1.54) is 11.0 Å². The molecule has 0 bridgehead atoms. The molecule has 4 rings (SSSR count). The predicted molar refractivity (Wildman–Crippen MR) is 109 cm³/mol. The molecule has 1 aliphatic rings. The monoisotopic (exact) mass is 393 g/mol. The zero-order chi connectivity index (χ0) is 19.8. The lowest BCUT2D eigenvalue weighted by Gasteiger charge is -2.27. The Morgan fingerprint density at radius 1 is 0.964 bits per heavy atom. The molecule has 3 aromatic carbocycles. The Hall–Kier alpha value is -3.11. The van der Waals surface area contributed by atoms with Gasteiger partial charge >= 0.3 is 0 Å². The number of anilines is 1. The van der Waals surface area contributed by atoms with Gasteiger partial charge in [0.1, 0.15) is 5.82 Å². The van der Waals surface area contributed by atoms with E-state index >= 15 is 0 Å². The Labute approximate surface area is 167 Å². The van der Waals surface area contributed by atoms with E-state index < -0.39 is 17.8 Å². The highest BCUT2D eigenvalue weighted by atomic mass is 35.5. The smallest absolute Gasteiger partial charge is 0.294 e. The molecule has 1 amide bonds. The maximum absolute atomic E-state index is 14.7. The van der Waals surface area contributed by atoms with Crippen LogP contribution in [-0.4, -0.2) is 11.0 Å². The standard InChI is InChI=1S/C23H17ClFNO2/c1-14-6-8-15(9-7-14)20-21(18-4-2-3-5-19(18)25)26(23(28)22(20)27)17-12-10-16(24)11-13-17/h2-13,21,27H,1H3/t21-/m1/s1. The number of aryl methyl sites for hydroxylation is 1. The molecule has 1 aliphatic heterocycles. The van der Waals surface area contributed by atoms with Crippen LogP contribution < -0.4 is 4.90 Å². The summed E-state index contributed by atoms with van der Waals surface area (Å²) in [4.78, 5) is 14.4. The van der Waals surface area contributed by atoms with Crippen LogP contribution in [0.5, 0.6) is 0 Å². The van der Waals surface area contributed by atoms with Crippen LogP contribution in [0.4, 0.5) is 10.1 Å². The molecule has 28 heavy (non-hydrogen) atoms. The minimum absolute atomic E-state index is 0.311. The number of rotatable bonds is 3. The van der Waals surface area contributed by atoms with Crippen LogP contribution in [0.1, 0.15) is 22.7 Å². The molecule has 0 aliphatic carbocycles. The summed E-state index contributed by atoms with van der Waals surface area (Å²) in [6, 6.07) is 19.6. The molecule has 0 unspecified atom stereocenters. The van der Waals surface area contributed by atoms with Crippen molar-refractivity contribution in [2.75, 3.05) is 4.90 Å². The van der Waals surface area contributed by atoms with Gasteiger partial charge in [-0.25, -0.2) is 4.39 Å². The lowest BCUT2D eigenvalue weighted by atomic mass is 9.92. The highest BCUT2D eigenvalue weighted by Gasteiger charge is 2.42. The SMILES string of the molecule is Cc1ccc(C2=C(O)C(=O)N(c3ccc(Cl)cc3)[C@@H]2c2ccccc2F)cc1. The highest BCUT2D eigenvalue weighted by Crippen LogP contribution is 2.46. The summed E-state index contributed by atoms with van der Waals surface area (Å²) in [6.45, 7) is 1.95. The number of aliphatic hydroxyl groups excluding tert-OH is 1. The molecule has 1 heterocycles. The van der Waals surface area contributed by atoms with E-state index in [1.54, 1.807) is 42.5 Å². The second kappa shape index (κ2) is 7.13. The van der Waals surface area contributed by atoms with E-state index in [0.29, 0.717) is 27.4 Å².